The minimum Gasteiger partial charge on any atom is -0.508 e. The maximum atomic E-state index is 14.3. The molecule has 0 aromatic rings. The van der Waals surface area contributed by atoms with Crippen LogP contribution in [0.4, 0.5) is 4.39 Å². The third kappa shape index (κ3) is 1.93. The van der Waals surface area contributed by atoms with E-state index < -0.39 is 18.5 Å². The molecule has 1 heterocycles. The highest BCUT2D eigenvalue weighted by molar-refractivity contribution is 5.42. The first-order valence-corrected chi connectivity index (χ1v) is 8.61. The van der Waals surface area contributed by atoms with E-state index >= 15 is 0 Å². The van der Waals surface area contributed by atoms with Crippen molar-refractivity contribution >= 4 is 0 Å². The van der Waals surface area contributed by atoms with Gasteiger partial charge in [0.1, 0.15) is 11.9 Å². The van der Waals surface area contributed by atoms with Crippen LogP contribution in [0.5, 0.6) is 0 Å². The highest BCUT2D eigenvalue weighted by atomic mass is 19.1. The van der Waals surface area contributed by atoms with Crippen molar-refractivity contribution < 1.29 is 19.3 Å². The molecule has 5 heteroatoms. The summed E-state index contributed by atoms with van der Waals surface area (Å²) < 4.78 is 19.9. The number of rotatable bonds is 0. The topological polar surface area (TPSA) is 75.7 Å². The Morgan fingerprint density at radius 3 is 2.83 bits per heavy atom. The molecule has 0 spiro atoms. The van der Waals surface area contributed by atoms with Gasteiger partial charge in [0.2, 0.25) is 0 Å². The van der Waals surface area contributed by atoms with Crippen molar-refractivity contribution in [2.24, 2.45) is 28.4 Å². The van der Waals surface area contributed by atoms with Crippen LogP contribution in [-0.4, -0.2) is 35.3 Å². The lowest BCUT2D eigenvalue weighted by Crippen LogP contribution is -2.51. The summed E-state index contributed by atoms with van der Waals surface area (Å²) >= 11 is 0. The van der Waals surface area contributed by atoms with Gasteiger partial charge in [0.05, 0.1) is 6.61 Å². The first-order valence-electron chi connectivity index (χ1n) is 8.61. The fraction of sp³-hybridized carbons (Fsp3) is 0.778. The second-order valence-corrected chi connectivity index (χ2v) is 8.32. The van der Waals surface area contributed by atoms with Gasteiger partial charge in [0, 0.05) is 17.9 Å². The molecule has 0 amide bonds. The van der Waals surface area contributed by atoms with Crippen LogP contribution < -0.4 is 5.73 Å². The van der Waals surface area contributed by atoms with Gasteiger partial charge in [0.25, 0.3) is 0 Å². The Hall–Kier alpha value is -0.910. The Kier molecular flexibility index (Phi) is 3.26. The number of halogens is 1. The van der Waals surface area contributed by atoms with Gasteiger partial charge in [-0.15, -0.1) is 0 Å². The summed E-state index contributed by atoms with van der Waals surface area (Å²) in [4.78, 5) is 0. The molecule has 4 nitrogen and oxygen atoms in total. The van der Waals surface area contributed by atoms with Crippen LogP contribution in [0.25, 0.3) is 0 Å². The Balaban J connectivity index is 1.80. The molecule has 0 aromatic carbocycles. The number of aliphatic hydroxyl groups is 2. The van der Waals surface area contributed by atoms with Crippen LogP contribution in [0.2, 0.25) is 0 Å². The predicted molar refractivity (Wildman–Crippen MR) is 84.2 cm³/mol. The third-order valence-electron chi connectivity index (χ3n) is 7.21. The molecule has 128 valence electrons. The van der Waals surface area contributed by atoms with E-state index in [4.69, 9.17) is 10.5 Å². The van der Waals surface area contributed by atoms with Gasteiger partial charge < -0.3 is 20.7 Å². The second-order valence-electron chi connectivity index (χ2n) is 8.32. The van der Waals surface area contributed by atoms with Crippen molar-refractivity contribution in [1.82, 2.24) is 0 Å². The highest BCUT2D eigenvalue weighted by Gasteiger charge is 2.60. The highest BCUT2D eigenvalue weighted by Crippen LogP contribution is 2.63. The summed E-state index contributed by atoms with van der Waals surface area (Å²) in [6.45, 7) is 4.66. The van der Waals surface area contributed by atoms with Gasteiger partial charge >= 0.3 is 0 Å². The van der Waals surface area contributed by atoms with E-state index in [-0.39, 0.29) is 28.4 Å². The standard InChI is InChI=1S/C18H26FNO3/c1-17-4-3-10-15(11(17)7-12(19)16(17)20)13(21)5-9-6-14(22)23-8-18(9,10)2/h5,10-12,14,16,21-22H,3-4,6-8,20H2,1-2H3/t10-,11+,12?,14?,16?,17+,18+/m1/s1. The number of fused-ring (bicyclic) bond motifs is 5. The van der Waals surface area contributed by atoms with Gasteiger partial charge in [-0.1, -0.05) is 19.4 Å². The molecule has 4 aliphatic rings. The lowest BCUT2D eigenvalue weighted by molar-refractivity contribution is -0.151. The molecule has 4 rings (SSSR count). The molecular formula is C18H26FNO3. The number of hydrogen-bond donors (Lipinski definition) is 3. The van der Waals surface area contributed by atoms with Crippen LogP contribution in [0.15, 0.2) is 23.0 Å². The second kappa shape index (κ2) is 4.80. The summed E-state index contributed by atoms with van der Waals surface area (Å²) in [5.41, 5.74) is 7.68. The lowest BCUT2D eigenvalue weighted by Gasteiger charge is -2.54. The van der Waals surface area contributed by atoms with E-state index in [0.29, 0.717) is 19.4 Å². The number of hydrogen-bond acceptors (Lipinski definition) is 4. The lowest BCUT2D eigenvalue weighted by atomic mass is 9.53. The maximum Gasteiger partial charge on any atom is 0.158 e. The summed E-state index contributed by atoms with van der Waals surface area (Å²) in [7, 11) is 0. The minimum atomic E-state index is -1.01. The summed E-state index contributed by atoms with van der Waals surface area (Å²) in [6, 6.07) is -0.462. The van der Waals surface area contributed by atoms with Crippen LogP contribution >= 0.6 is 0 Å². The average Bonchev–Trinajstić information content (AvgIpc) is 2.73. The van der Waals surface area contributed by atoms with Crippen molar-refractivity contribution in [1.29, 1.82) is 0 Å². The first-order chi connectivity index (χ1) is 10.8. The molecule has 0 bridgehead atoms. The Morgan fingerprint density at radius 1 is 1.35 bits per heavy atom. The molecule has 23 heavy (non-hydrogen) atoms. The van der Waals surface area contributed by atoms with Crippen LogP contribution in [0.1, 0.15) is 39.5 Å². The molecule has 3 fully saturated rings. The van der Waals surface area contributed by atoms with Gasteiger partial charge in [-0.2, -0.15) is 0 Å². The number of ether oxygens (including phenoxy) is 1. The zero-order valence-electron chi connectivity index (χ0n) is 13.8. The van der Waals surface area contributed by atoms with Crippen LogP contribution in [0, 0.1) is 22.7 Å². The van der Waals surface area contributed by atoms with Crippen LogP contribution in [0.3, 0.4) is 0 Å². The Morgan fingerprint density at radius 2 is 2.09 bits per heavy atom. The molecular weight excluding hydrogens is 297 g/mol. The van der Waals surface area contributed by atoms with Crippen molar-refractivity contribution in [3.8, 4) is 0 Å². The zero-order chi connectivity index (χ0) is 16.6. The smallest absolute Gasteiger partial charge is 0.158 e. The van der Waals surface area contributed by atoms with E-state index in [2.05, 4.69) is 13.8 Å². The number of nitrogens with two attached hydrogens (primary N) is 1. The summed E-state index contributed by atoms with van der Waals surface area (Å²) in [5.74, 6) is 0.409. The summed E-state index contributed by atoms with van der Waals surface area (Å²) in [5, 5.41) is 20.5. The number of allylic oxidation sites excluding steroid dienone is 2. The number of alkyl halides is 1. The van der Waals surface area contributed by atoms with E-state index in [1.807, 2.05) is 0 Å². The minimum absolute atomic E-state index is 0.00674. The monoisotopic (exact) mass is 323 g/mol. The van der Waals surface area contributed by atoms with E-state index in [1.165, 1.54) is 0 Å². The predicted octanol–water partition coefficient (Wildman–Crippen LogP) is 2.59. The molecule has 1 saturated heterocycles. The molecule has 4 N–H and O–H groups in total. The summed E-state index contributed by atoms with van der Waals surface area (Å²) in [6.07, 6.45) is 2.56. The molecule has 2 saturated carbocycles. The van der Waals surface area contributed by atoms with Gasteiger partial charge in [0.15, 0.2) is 6.29 Å². The molecule has 7 atom stereocenters. The zero-order valence-corrected chi connectivity index (χ0v) is 13.8. The fourth-order valence-corrected chi connectivity index (χ4v) is 5.62. The van der Waals surface area contributed by atoms with E-state index in [0.717, 1.165) is 24.0 Å². The average molecular weight is 323 g/mol. The van der Waals surface area contributed by atoms with Crippen molar-refractivity contribution in [3.63, 3.8) is 0 Å². The molecule has 3 aliphatic carbocycles. The van der Waals surface area contributed by atoms with Crippen molar-refractivity contribution in [2.75, 3.05) is 6.61 Å². The molecule has 0 radical (unpaired) electrons. The molecule has 0 aromatic heterocycles. The van der Waals surface area contributed by atoms with Crippen molar-refractivity contribution in [3.05, 3.63) is 23.0 Å². The maximum absolute atomic E-state index is 14.3. The largest absolute Gasteiger partial charge is 0.508 e. The quantitative estimate of drug-likeness (QED) is 0.640. The number of aliphatic hydroxyl groups excluding tert-OH is 2. The fourth-order valence-electron chi connectivity index (χ4n) is 5.62. The SMILES string of the molecule is C[C@]12COC(O)CC1=CC(O)=C1[C@H]2CC[C@]2(C)C(N)C(F)C[C@@H]12. The van der Waals surface area contributed by atoms with Crippen molar-refractivity contribution in [2.45, 2.75) is 58.0 Å². The van der Waals surface area contributed by atoms with Gasteiger partial charge in [-0.3, -0.25) is 0 Å². The molecule has 1 aliphatic heterocycles. The van der Waals surface area contributed by atoms with Crippen LogP contribution in [-0.2, 0) is 4.74 Å². The molecule has 3 unspecified atom stereocenters. The normalized spacial score (nSPS) is 52.6. The first kappa shape index (κ1) is 15.6. The Bertz CT molecular complexity index is 603. The third-order valence-corrected chi connectivity index (χ3v) is 7.21. The van der Waals surface area contributed by atoms with Gasteiger partial charge in [-0.05, 0) is 48.2 Å². The van der Waals surface area contributed by atoms with E-state index in [9.17, 15) is 14.6 Å². The van der Waals surface area contributed by atoms with Gasteiger partial charge in [-0.25, -0.2) is 4.39 Å². The Labute approximate surface area is 136 Å². The van der Waals surface area contributed by atoms with E-state index in [1.54, 1.807) is 6.08 Å².